The number of aromatic nitrogens is 1. The van der Waals surface area contributed by atoms with Crippen LogP contribution in [0, 0.1) is 0 Å². The van der Waals surface area contributed by atoms with E-state index in [-0.39, 0.29) is 0 Å². The second-order valence-electron chi connectivity index (χ2n) is 3.90. The predicted octanol–water partition coefficient (Wildman–Crippen LogP) is 2.05. The predicted molar refractivity (Wildman–Crippen MR) is 76.7 cm³/mol. The van der Waals surface area contributed by atoms with Gasteiger partial charge in [0, 0.05) is 18.9 Å². The summed E-state index contributed by atoms with van der Waals surface area (Å²) in [6, 6.07) is 4.92. The van der Waals surface area contributed by atoms with Crippen LogP contribution < -0.4 is 10.0 Å². The zero-order chi connectivity index (χ0) is 13.7. The number of rotatable bonds is 6. The third-order valence-electron chi connectivity index (χ3n) is 2.41. The van der Waals surface area contributed by atoms with Crippen molar-refractivity contribution in [3.63, 3.8) is 0 Å². The highest BCUT2D eigenvalue weighted by molar-refractivity contribution is 7.94. The largest absolute Gasteiger partial charge is 0.313 e. The van der Waals surface area contributed by atoms with E-state index in [1.807, 2.05) is 12.3 Å². The van der Waals surface area contributed by atoms with Crippen LogP contribution in [-0.2, 0) is 16.6 Å². The summed E-state index contributed by atoms with van der Waals surface area (Å²) >= 11 is 1.22. The van der Waals surface area contributed by atoms with Crippen LogP contribution in [0.25, 0.3) is 0 Å². The third kappa shape index (κ3) is 3.76. The van der Waals surface area contributed by atoms with Gasteiger partial charge in [0.05, 0.1) is 5.69 Å². The molecule has 0 spiro atoms. The Labute approximate surface area is 116 Å². The summed E-state index contributed by atoms with van der Waals surface area (Å²) in [6.07, 6.45) is 3.09. The normalized spacial score (nSPS) is 11.4. The molecule has 2 heterocycles. The zero-order valence-corrected chi connectivity index (χ0v) is 12.1. The van der Waals surface area contributed by atoms with Gasteiger partial charge in [0.2, 0.25) is 0 Å². The molecule has 0 aliphatic carbocycles. The zero-order valence-electron chi connectivity index (χ0n) is 10.5. The van der Waals surface area contributed by atoms with Gasteiger partial charge in [-0.25, -0.2) is 8.42 Å². The number of nitrogens with zero attached hydrogens (tertiary/aromatic N) is 1. The lowest BCUT2D eigenvalue weighted by atomic mass is 10.3. The van der Waals surface area contributed by atoms with E-state index in [0.717, 1.165) is 12.1 Å². The van der Waals surface area contributed by atoms with Crippen LogP contribution in [0.1, 0.15) is 12.5 Å². The molecule has 0 bridgehead atoms. The van der Waals surface area contributed by atoms with Gasteiger partial charge in [0.15, 0.2) is 0 Å². The minimum absolute atomic E-state index is 0.317. The topological polar surface area (TPSA) is 71.1 Å². The molecule has 19 heavy (non-hydrogen) atoms. The molecule has 0 aromatic carbocycles. The standard InChI is InChI=1S/C12H15N3O2S2/c1-2-13-8-10-7-12(18-9-10)19(16,17)15-11-3-5-14-6-4-11/h3-7,9,13H,2,8H2,1H3,(H,14,15). The highest BCUT2D eigenvalue weighted by atomic mass is 32.2. The SMILES string of the molecule is CCNCc1csc(S(=O)(=O)Nc2ccncc2)c1. The number of nitrogens with one attached hydrogen (secondary N) is 2. The van der Waals surface area contributed by atoms with Gasteiger partial charge < -0.3 is 5.32 Å². The fourth-order valence-corrected chi connectivity index (χ4v) is 3.75. The van der Waals surface area contributed by atoms with Crippen LogP contribution in [0.2, 0.25) is 0 Å². The Morgan fingerprint density at radius 1 is 1.32 bits per heavy atom. The van der Waals surface area contributed by atoms with Crippen molar-refractivity contribution in [1.29, 1.82) is 0 Å². The number of sulfonamides is 1. The van der Waals surface area contributed by atoms with Crippen molar-refractivity contribution in [2.45, 2.75) is 17.7 Å². The lowest BCUT2D eigenvalue weighted by Gasteiger charge is -2.05. The smallest absolute Gasteiger partial charge is 0.271 e. The van der Waals surface area contributed by atoms with Crippen LogP contribution >= 0.6 is 11.3 Å². The van der Waals surface area contributed by atoms with Gasteiger partial charge in [-0.15, -0.1) is 11.3 Å². The molecule has 0 aliphatic heterocycles. The van der Waals surface area contributed by atoms with E-state index in [4.69, 9.17) is 0 Å². The van der Waals surface area contributed by atoms with Crippen LogP contribution in [0.4, 0.5) is 5.69 Å². The molecule has 2 rings (SSSR count). The van der Waals surface area contributed by atoms with E-state index < -0.39 is 10.0 Å². The molecule has 0 atom stereocenters. The molecule has 2 N–H and O–H groups in total. The quantitative estimate of drug-likeness (QED) is 0.856. The molecule has 102 valence electrons. The van der Waals surface area contributed by atoms with E-state index in [2.05, 4.69) is 15.0 Å². The molecule has 0 radical (unpaired) electrons. The van der Waals surface area contributed by atoms with Gasteiger partial charge in [-0.1, -0.05) is 6.92 Å². The Kier molecular flexibility index (Phi) is 4.52. The molecule has 0 unspecified atom stereocenters. The van der Waals surface area contributed by atoms with E-state index in [1.165, 1.54) is 11.3 Å². The molecule has 0 amide bonds. The van der Waals surface area contributed by atoms with Crippen molar-refractivity contribution in [3.05, 3.63) is 41.5 Å². The second kappa shape index (κ2) is 6.14. The Bertz CT molecular complexity index is 623. The van der Waals surface area contributed by atoms with Crippen LogP contribution in [0.3, 0.4) is 0 Å². The number of pyridine rings is 1. The van der Waals surface area contributed by atoms with Crippen molar-refractivity contribution in [1.82, 2.24) is 10.3 Å². The average Bonchev–Trinajstić information content (AvgIpc) is 2.86. The van der Waals surface area contributed by atoms with Crippen LogP contribution in [-0.4, -0.2) is 19.9 Å². The lowest BCUT2D eigenvalue weighted by Crippen LogP contribution is -2.12. The van der Waals surface area contributed by atoms with E-state index in [0.29, 0.717) is 16.4 Å². The van der Waals surface area contributed by atoms with Gasteiger partial charge in [-0.2, -0.15) is 0 Å². The first-order chi connectivity index (χ1) is 9.12. The molecule has 0 fully saturated rings. The van der Waals surface area contributed by atoms with Gasteiger partial charge in [-0.3, -0.25) is 9.71 Å². The monoisotopic (exact) mass is 297 g/mol. The summed E-state index contributed by atoms with van der Waals surface area (Å²) in [4.78, 5) is 3.85. The highest BCUT2D eigenvalue weighted by Gasteiger charge is 2.16. The Balaban J connectivity index is 2.13. The molecular formula is C12H15N3O2S2. The van der Waals surface area contributed by atoms with Crippen molar-refractivity contribution in [2.24, 2.45) is 0 Å². The Morgan fingerprint density at radius 3 is 2.74 bits per heavy atom. The third-order valence-corrected chi connectivity index (χ3v) is 5.28. The summed E-state index contributed by atoms with van der Waals surface area (Å²) in [6.45, 7) is 3.54. The maximum absolute atomic E-state index is 12.1. The van der Waals surface area contributed by atoms with Crippen LogP contribution in [0.15, 0.2) is 40.2 Å². The first kappa shape index (κ1) is 14.0. The molecule has 5 nitrogen and oxygen atoms in total. The average molecular weight is 297 g/mol. The van der Waals surface area contributed by atoms with Crippen molar-refractivity contribution < 1.29 is 8.42 Å². The number of hydrogen-bond acceptors (Lipinski definition) is 5. The summed E-state index contributed by atoms with van der Waals surface area (Å²) in [7, 11) is -3.50. The molecular weight excluding hydrogens is 282 g/mol. The fraction of sp³-hybridized carbons (Fsp3) is 0.250. The Morgan fingerprint density at radius 2 is 2.05 bits per heavy atom. The van der Waals surface area contributed by atoms with Gasteiger partial charge in [0.25, 0.3) is 10.0 Å². The molecule has 0 saturated heterocycles. The van der Waals surface area contributed by atoms with E-state index in [9.17, 15) is 8.42 Å². The maximum atomic E-state index is 12.1. The maximum Gasteiger partial charge on any atom is 0.271 e. The number of thiophene rings is 1. The summed E-state index contributed by atoms with van der Waals surface area (Å²) in [5.41, 5.74) is 1.48. The van der Waals surface area contributed by atoms with Gasteiger partial charge in [0.1, 0.15) is 4.21 Å². The lowest BCUT2D eigenvalue weighted by molar-refractivity contribution is 0.603. The van der Waals surface area contributed by atoms with Crippen molar-refractivity contribution in [3.8, 4) is 0 Å². The molecule has 0 aliphatic rings. The van der Waals surface area contributed by atoms with Gasteiger partial charge in [-0.05, 0) is 35.7 Å². The first-order valence-corrected chi connectivity index (χ1v) is 8.19. The second-order valence-corrected chi connectivity index (χ2v) is 6.72. The van der Waals surface area contributed by atoms with E-state index in [1.54, 1.807) is 30.6 Å². The Hall–Kier alpha value is -1.44. The summed E-state index contributed by atoms with van der Waals surface area (Å²) in [5, 5.41) is 5.01. The molecule has 7 heteroatoms. The highest BCUT2D eigenvalue weighted by Crippen LogP contribution is 2.22. The summed E-state index contributed by atoms with van der Waals surface area (Å²) in [5.74, 6) is 0. The molecule has 2 aromatic heterocycles. The van der Waals surface area contributed by atoms with Gasteiger partial charge >= 0.3 is 0 Å². The molecule has 0 saturated carbocycles. The fourth-order valence-electron chi connectivity index (χ4n) is 1.48. The van der Waals surface area contributed by atoms with E-state index >= 15 is 0 Å². The van der Waals surface area contributed by atoms with Crippen LogP contribution in [0.5, 0.6) is 0 Å². The van der Waals surface area contributed by atoms with Crippen molar-refractivity contribution >= 4 is 27.0 Å². The summed E-state index contributed by atoms with van der Waals surface area (Å²) < 4.78 is 27.1. The van der Waals surface area contributed by atoms with Crippen molar-refractivity contribution in [2.75, 3.05) is 11.3 Å². The minimum Gasteiger partial charge on any atom is -0.313 e. The minimum atomic E-state index is -3.50. The first-order valence-electron chi connectivity index (χ1n) is 5.83. The number of anilines is 1. The molecule has 2 aromatic rings. The number of hydrogen-bond donors (Lipinski definition) is 2.